The monoisotopic (exact) mass is 513 g/mol. The summed E-state index contributed by atoms with van der Waals surface area (Å²) < 4.78 is 42.2. The molecule has 0 aliphatic carbocycles. The van der Waals surface area contributed by atoms with Crippen molar-refractivity contribution in [1.29, 1.82) is 0 Å². The van der Waals surface area contributed by atoms with Crippen molar-refractivity contribution >= 4 is 22.9 Å². The molecule has 3 aromatic heterocycles. The van der Waals surface area contributed by atoms with Crippen molar-refractivity contribution < 1.29 is 18.0 Å². The molecule has 0 atom stereocenters. The number of likely N-dealkylation sites (tertiary alicyclic amines) is 1. The molecule has 1 amide bonds. The van der Waals surface area contributed by atoms with Gasteiger partial charge in [0, 0.05) is 24.6 Å². The van der Waals surface area contributed by atoms with E-state index in [1.54, 1.807) is 37.0 Å². The first-order valence-corrected chi connectivity index (χ1v) is 12.2. The molecule has 186 valence electrons. The fourth-order valence-electron chi connectivity index (χ4n) is 4.14. The summed E-state index contributed by atoms with van der Waals surface area (Å²) in [6.45, 7) is 3.87. The van der Waals surface area contributed by atoms with Crippen LogP contribution in [0.1, 0.15) is 40.0 Å². The van der Waals surface area contributed by atoms with Crippen molar-refractivity contribution in [3.8, 4) is 16.3 Å². The van der Waals surface area contributed by atoms with E-state index in [0.29, 0.717) is 29.2 Å². The number of alkyl halides is 3. The predicted octanol–water partition coefficient (Wildman–Crippen LogP) is 4.96. The summed E-state index contributed by atoms with van der Waals surface area (Å²) >= 11 is 1.42. The molecule has 36 heavy (non-hydrogen) atoms. The summed E-state index contributed by atoms with van der Waals surface area (Å²) in [5.41, 5.74) is 3.43. The summed E-state index contributed by atoms with van der Waals surface area (Å²) in [5, 5.41) is 10.9. The Bertz CT molecular complexity index is 1380. The minimum atomic E-state index is -4.53. The number of carbonyl (C=O) groups is 1. The minimum absolute atomic E-state index is 0.0828. The van der Waals surface area contributed by atoms with Crippen LogP contribution in [-0.2, 0) is 12.7 Å². The second-order valence-electron chi connectivity index (χ2n) is 8.60. The molecule has 8 nitrogen and oxygen atoms in total. The molecule has 1 saturated heterocycles. The third-order valence-corrected chi connectivity index (χ3v) is 6.73. The van der Waals surface area contributed by atoms with E-state index in [4.69, 9.17) is 0 Å². The minimum Gasteiger partial charge on any atom is -0.322 e. The van der Waals surface area contributed by atoms with Gasteiger partial charge in [-0.2, -0.15) is 13.2 Å². The zero-order valence-corrected chi connectivity index (χ0v) is 20.1. The average Bonchev–Trinajstić information content (AvgIpc) is 3.61. The van der Waals surface area contributed by atoms with Crippen molar-refractivity contribution in [2.45, 2.75) is 32.5 Å². The van der Waals surface area contributed by atoms with Gasteiger partial charge in [-0.3, -0.25) is 19.7 Å². The molecular formula is C24H22F3N7OS. The van der Waals surface area contributed by atoms with Gasteiger partial charge in [-0.05, 0) is 62.7 Å². The number of benzene rings is 1. The van der Waals surface area contributed by atoms with Gasteiger partial charge < -0.3 is 5.32 Å². The van der Waals surface area contributed by atoms with Gasteiger partial charge in [0.2, 0.25) is 0 Å². The molecule has 0 saturated carbocycles. The third kappa shape index (κ3) is 5.29. The smallest absolute Gasteiger partial charge is 0.322 e. The number of pyridine rings is 1. The maximum Gasteiger partial charge on any atom is 0.416 e. The van der Waals surface area contributed by atoms with Crippen LogP contribution in [0, 0.1) is 6.92 Å². The van der Waals surface area contributed by atoms with Gasteiger partial charge in [-0.25, -0.2) is 4.68 Å². The number of nitrogens with zero attached hydrogens (tertiary/aromatic N) is 6. The fraction of sp³-hybridized carbons (Fsp3) is 0.292. The van der Waals surface area contributed by atoms with Crippen LogP contribution in [0.4, 0.5) is 18.9 Å². The lowest BCUT2D eigenvalue weighted by Crippen LogP contribution is -2.20. The number of thiazole rings is 1. The molecule has 4 aromatic rings. The van der Waals surface area contributed by atoms with E-state index >= 15 is 0 Å². The molecule has 4 heterocycles. The molecule has 0 bridgehead atoms. The first kappa shape index (κ1) is 24.1. The van der Waals surface area contributed by atoms with Gasteiger partial charge in [0.1, 0.15) is 5.69 Å². The lowest BCUT2D eigenvalue weighted by molar-refractivity contribution is -0.137. The van der Waals surface area contributed by atoms with Crippen molar-refractivity contribution in [1.82, 2.24) is 29.9 Å². The Kier molecular flexibility index (Phi) is 6.54. The Labute approximate surface area is 208 Å². The van der Waals surface area contributed by atoms with Crippen molar-refractivity contribution in [2.75, 3.05) is 18.4 Å². The predicted molar refractivity (Wildman–Crippen MR) is 129 cm³/mol. The molecule has 1 aromatic carbocycles. The van der Waals surface area contributed by atoms with Crippen molar-refractivity contribution in [3.05, 3.63) is 70.8 Å². The number of hydrogen-bond donors (Lipinski definition) is 1. The number of anilines is 1. The second kappa shape index (κ2) is 9.78. The summed E-state index contributed by atoms with van der Waals surface area (Å²) in [5.74, 6) is -0.571. The Morgan fingerprint density at radius 1 is 1.14 bits per heavy atom. The lowest BCUT2D eigenvalue weighted by Gasteiger charge is -2.18. The molecule has 5 rings (SSSR count). The largest absolute Gasteiger partial charge is 0.416 e. The fourth-order valence-corrected chi connectivity index (χ4v) is 4.71. The standard InChI is InChI=1S/C24H22F3N7OS/c1-15-21(34-13-20(31-32-34)22-11-28-14-36-22)8-17(10-29-15)23(35)30-19-7-16(12-33-4-2-3-5-33)6-18(9-19)24(25,26)27/h6-11,13-14H,2-5,12H2,1H3,(H,30,35). The quantitative estimate of drug-likeness (QED) is 0.392. The van der Waals surface area contributed by atoms with Crippen LogP contribution in [0.5, 0.6) is 0 Å². The lowest BCUT2D eigenvalue weighted by atomic mass is 10.1. The van der Waals surface area contributed by atoms with Crippen LogP contribution in [0.15, 0.2) is 48.4 Å². The molecule has 1 N–H and O–H groups in total. The number of amides is 1. The SMILES string of the molecule is Cc1ncc(C(=O)Nc2cc(CN3CCCC3)cc(C(F)(F)F)c2)cc1-n1cc(-c2cncs2)nn1. The molecule has 0 radical (unpaired) electrons. The van der Waals surface area contributed by atoms with E-state index in [1.165, 1.54) is 22.2 Å². The van der Waals surface area contributed by atoms with Gasteiger partial charge >= 0.3 is 6.18 Å². The van der Waals surface area contributed by atoms with Crippen LogP contribution in [0.25, 0.3) is 16.3 Å². The van der Waals surface area contributed by atoms with Crippen molar-refractivity contribution in [3.63, 3.8) is 0 Å². The molecule has 12 heteroatoms. The highest BCUT2D eigenvalue weighted by Crippen LogP contribution is 2.33. The molecule has 1 fully saturated rings. The Hall–Kier alpha value is -3.64. The van der Waals surface area contributed by atoms with E-state index in [2.05, 4.69) is 30.5 Å². The number of hydrogen-bond acceptors (Lipinski definition) is 7. The Balaban J connectivity index is 1.40. The Morgan fingerprint density at radius 2 is 1.94 bits per heavy atom. The molecule has 0 spiro atoms. The topological polar surface area (TPSA) is 88.8 Å². The highest BCUT2D eigenvalue weighted by molar-refractivity contribution is 7.13. The molecular weight excluding hydrogens is 491 g/mol. The molecule has 1 aliphatic heterocycles. The van der Waals surface area contributed by atoms with E-state index in [1.807, 2.05) is 0 Å². The van der Waals surface area contributed by atoms with Gasteiger partial charge in [0.25, 0.3) is 5.91 Å². The van der Waals surface area contributed by atoms with Crippen LogP contribution >= 0.6 is 11.3 Å². The van der Waals surface area contributed by atoms with Crippen LogP contribution in [0.3, 0.4) is 0 Å². The summed E-state index contributed by atoms with van der Waals surface area (Å²) in [4.78, 5) is 24.3. The van der Waals surface area contributed by atoms with E-state index in [0.717, 1.165) is 42.9 Å². The number of aryl methyl sites for hydroxylation is 1. The van der Waals surface area contributed by atoms with Gasteiger partial charge in [-0.1, -0.05) is 5.21 Å². The van der Waals surface area contributed by atoms with Crippen LogP contribution in [-0.4, -0.2) is 48.9 Å². The van der Waals surface area contributed by atoms with E-state index < -0.39 is 17.6 Å². The first-order valence-electron chi connectivity index (χ1n) is 11.3. The molecule has 1 aliphatic rings. The van der Waals surface area contributed by atoms with Gasteiger partial charge in [0.15, 0.2) is 0 Å². The Morgan fingerprint density at radius 3 is 2.67 bits per heavy atom. The summed E-state index contributed by atoms with van der Waals surface area (Å²) in [7, 11) is 0. The number of carbonyl (C=O) groups excluding carboxylic acids is 1. The van der Waals surface area contributed by atoms with E-state index in [-0.39, 0.29) is 11.3 Å². The van der Waals surface area contributed by atoms with Crippen molar-refractivity contribution in [2.24, 2.45) is 0 Å². The van der Waals surface area contributed by atoms with Gasteiger partial charge in [0.05, 0.1) is 39.1 Å². The number of nitrogens with one attached hydrogen (secondary N) is 1. The zero-order chi connectivity index (χ0) is 25.3. The number of aromatic nitrogens is 5. The number of halogens is 3. The highest BCUT2D eigenvalue weighted by atomic mass is 32.1. The summed E-state index contributed by atoms with van der Waals surface area (Å²) in [6.07, 6.45) is 2.30. The average molecular weight is 514 g/mol. The second-order valence-corrected chi connectivity index (χ2v) is 9.48. The van der Waals surface area contributed by atoms with Gasteiger partial charge in [-0.15, -0.1) is 16.4 Å². The number of rotatable bonds is 6. The van der Waals surface area contributed by atoms with Crippen LogP contribution in [0.2, 0.25) is 0 Å². The van der Waals surface area contributed by atoms with E-state index in [9.17, 15) is 18.0 Å². The third-order valence-electron chi connectivity index (χ3n) is 5.93. The summed E-state index contributed by atoms with van der Waals surface area (Å²) in [6, 6.07) is 5.27. The van der Waals surface area contributed by atoms with Crippen LogP contribution < -0.4 is 5.32 Å². The maximum atomic E-state index is 13.6. The zero-order valence-electron chi connectivity index (χ0n) is 19.3. The first-order chi connectivity index (χ1) is 17.3. The maximum absolute atomic E-state index is 13.6. The molecule has 0 unspecified atom stereocenters. The normalized spacial score (nSPS) is 14.3. The highest BCUT2D eigenvalue weighted by Gasteiger charge is 2.31.